The molecule has 1 aromatic carbocycles. The number of carbonyl (C=O) groups is 2. The lowest BCUT2D eigenvalue weighted by Gasteiger charge is -2.13. The van der Waals surface area contributed by atoms with E-state index in [2.05, 4.69) is 15.8 Å². The van der Waals surface area contributed by atoms with Crippen molar-refractivity contribution < 1.29 is 23.5 Å². The maximum absolute atomic E-state index is 12.9. The monoisotopic (exact) mass is 399 g/mol. The SMILES string of the molecule is CCOC(=O)N/N=C1\CCCc2oc(C(=O)Nc3ccccc3OCC)c(C)c21. The van der Waals surface area contributed by atoms with Crippen LogP contribution in [0.3, 0.4) is 0 Å². The fourth-order valence-electron chi connectivity index (χ4n) is 3.30. The Morgan fingerprint density at radius 2 is 1.97 bits per heavy atom. The van der Waals surface area contributed by atoms with Crippen LogP contribution in [0, 0.1) is 6.92 Å². The normalized spacial score (nSPS) is 14.2. The van der Waals surface area contributed by atoms with Crippen LogP contribution in [0.4, 0.5) is 10.5 Å². The standard InChI is InChI=1S/C21H25N3O5/c1-4-27-16-11-7-6-9-14(16)22-20(25)19-13(3)18-15(10-8-12-17(18)29-19)23-24-21(26)28-5-2/h6-7,9,11H,4-5,8,10,12H2,1-3H3,(H,22,25)(H,24,26)/b23-15+. The molecule has 0 atom stereocenters. The molecule has 0 bridgehead atoms. The van der Waals surface area contributed by atoms with Crippen LogP contribution in [-0.4, -0.2) is 30.9 Å². The van der Waals surface area contributed by atoms with Gasteiger partial charge in [0.1, 0.15) is 11.5 Å². The summed E-state index contributed by atoms with van der Waals surface area (Å²) in [6, 6.07) is 7.24. The average molecular weight is 399 g/mol. The number of para-hydroxylation sites is 2. The van der Waals surface area contributed by atoms with Gasteiger partial charge in [-0.05, 0) is 45.7 Å². The first-order valence-corrected chi connectivity index (χ1v) is 9.70. The van der Waals surface area contributed by atoms with Gasteiger partial charge in [-0.1, -0.05) is 12.1 Å². The maximum Gasteiger partial charge on any atom is 0.427 e. The largest absolute Gasteiger partial charge is 0.492 e. The van der Waals surface area contributed by atoms with Gasteiger partial charge in [0.15, 0.2) is 5.76 Å². The highest BCUT2D eigenvalue weighted by atomic mass is 16.5. The summed E-state index contributed by atoms with van der Waals surface area (Å²) in [4.78, 5) is 24.4. The summed E-state index contributed by atoms with van der Waals surface area (Å²) in [6.45, 7) is 6.18. The average Bonchev–Trinajstić information content (AvgIpc) is 3.06. The maximum atomic E-state index is 12.9. The van der Waals surface area contributed by atoms with Crippen molar-refractivity contribution in [3.05, 3.63) is 46.9 Å². The van der Waals surface area contributed by atoms with Gasteiger partial charge in [-0.25, -0.2) is 10.2 Å². The van der Waals surface area contributed by atoms with E-state index in [1.54, 1.807) is 19.1 Å². The van der Waals surface area contributed by atoms with Gasteiger partial charge in [0, 0.05) is 17.5 Å². The van der Waals surface area contributed by atoms with Gasteiger partial charge in [0.2, 0.25) is 0 Å². The molecule has 1 aromatic heterocycles. The minimum absolute atomic E-state index is 0.229. The van der Waals surface area contributed by atoms with E-state index in [1.807, 2.05) is 26.0 Å². The molecular formula is C21H25N3O5. The number of hydrogen-bond acceptors (Lipinski definition) is 6. The van der Waals surface area contributed by atoms with Crippen molar-refractivity contribution in [3.63, 3.8) is 0 Å². The van der Waals surface area contributed by atoms with E-state index >= 15 is 0 Å². The molecule has 8 nitrogen and oxygen atoms in total. The van der Waals surface area contributed by atoms with E-state index in [0.29, 0.717) is 47.9 Å². The molecule has 29 heavy (non-hydrogen) atoms. The number of hydrogen-bond donors (Lipinski definition) is 2. The van der Waals surface area contributed by atoms with E-state index < -0.39 is 6.09 Å². The Kier molecular flexibility index (Phi) is 6.54. The molecular weight excluding hydrogens is 374 g/mol. The summed E-state index contributed by atoms with van der Waals surface area (Å²) in [5.41, 5.74) is 5.10. The number of carbonyl (C=O) groups excluding carboxylic acids is 2. The lowest BCUT2D eigenvalue weighted by atomic mass is 9.93. The van der Waals surface area contributed by atoms with Crippen LogP contribution in [0.15, 0.2) is 33.8 Å². The predicted octanol–water partition coefficient (Wildman–Crippen LogP) is 4.03. The molecule has 0 aliphatic heterocycles. The second kappa shape index (κ2) is 9.27. The Hall–Kier alpha value is -3.29. The van der Waals surface area contributed by atoms with E-state index in [-0.39, 0.29) is 18.3 Å². The number of fused-ring (bicyclic) bond motifs is 1. The summed E-state index contributed by atoms with van der Waals surface area (Å²) >= 11 is 0. The predicted molar refractivity (Wildman–Crippen MR) is 109 cm³/mol. The van der Waals surface area contributed by atoms with Gasteiger partial charge in [-0.15, -0.1) is 0 Å². The number of nitrogens with zero attached hydrogens (tertiary/aromatic N) is 1. The van der Waals surface area contributed by atoms with Crippen molar-refractivity contribution in [2.24, 2.45) is 5.10 Å². The topological polar surface area (TPSA) is 102 Å². The highest BCUT2D eigenvalue weighted by Gasteiger charge is 2.28. The van der Waals surface area contributed by atoms with Gasteiger partial charge >= 0.3 is 6.09 Å². The summed E-state index contributed by atoms with van der Waals surface area (Å²) in [5, 5.41) is 7.04. The van der Waals surface area contributed by atoms with E-state index in [9.17, 15) is 9.59 Å². The number of furan rings is 1. The van der Waals surface area contributed by atoms with Crippen LogP contribution in [0.25, 0.3) is 0 Å². The second-order valence-electron chi connectivity index (χ2n) is 6.48. The Morgan fingerprint density at radius 3 is 2.72 bits per heavy atom. The number of aryl methyl sites for hydroxylation is 1. The van der Waals surface area contributed by atoms with Crippen LogP contribution >= 0.6 is 0 Å². The van der Waals surface area contributed by atoms with Gasteiger partial charge in [-0.2, -0.15) is 5.10 Å². The molecule has 1 aliphatic carbocycles. The number of anilines is 1. The molecule has 1 heterocycles. The molecule has 0 spiro atoms. The molecule has 1 aliphatic rings. The highest BCUT2D eigenvalue weighted by Crippen LogP contribution is 2.31. The molecule has 2 N–H and O–H groups in total. The quantitative estimate of drug-likeness (QED) is 0.714. The third-order valence-electron chi connectivity index (χ3n) is 4.52. The van der Waals surface area contributed by atoms with Gasteiger partial charge in [0.25, 0.3) is 5.91 Å². The number of hydrazone groups is 1. The molecule has 0 radical (unpaired) electrons. The molecule has 0 saturated carbocycles. The Labute approximate surface area is 169 Å². The first kappa shape index (κ1) is 20.4. The third-order valence-corrected chi connectivity index (χ3v) is 4.52. The lowest BCUT2D eigenvalue weighted by molar-refractivity contribution is 0.0993. The van der Waals surface area contributed by atoms with Crippen molar-refractivity contribution in [2.75, 3.05) is 18.5 Å². The van der Waals surface area contributed by atoms with E-state index in [4.69, 9.17) is 13.9 Å². The van der Waals surface area contributed by atoms with Crippen molar-refractivity contribution in [1.29, 1.82) is 0 Å². The molecule has 0 unspecified atom stereocenters. The second-order valence-corrected chi connectivity index (χ2v) is 6.48. The Morgan fingerprint density at radius 1 is 1.17 bits per heavy atom. The van der Waals surface area contributed by atoms with Crippen molar-refractivity contribution in [3.8, 4) is 5.75 Å². The number of amides is 2. The minimum atomic E-state index is -0.612. The summed E-state index contributed by atoms with van der Waals surface area (Å²) in [5.74, 6) is 1.16. The Bertz CT molecular complexity index is 932. The van der Waals surface area contributed by atoms with Crippen LogP contribution in [0.2, 0.25) is 0 Å². The zero-order valence-electron chi connectivity index (χ0n) is 16.8. The van der Waals surface area contributed by atoms with Crippen LogP contribution in [-0.2, 0) is 11.2 Å². The first-order chi connectivity index (χ1) is 14.0. The van der Waals surface area contributed by atoms with Gasteiger partial charge in [0.05, 0.1) is 24.6 Å². The minimum Gasteiger partial charge on any atom is -0.492 e. The number of ether oxygens (including phenoxy) is 2. The summed E-state index contributed by atoms with van der Waals surface area (Å²) in [6.07, 6.45) is 1.59. The zero-order valence-corrected chi connectivity index (χ0v) is 16.8. The van der Waals surface area contributed by atoms with Crippen LogP contribution in [0.1, 0.15) is 54.1 Å². The van der Waals surface area contributed by atoms with Crippen molar-refractivity contribution in [2.45, 2.75) is 40.0 Å². The fourth-order valence-corrected chi connectivity index (χ4v) is 3.30. The lowest BCUT2D eigenvalue weighted by Crippen LogP contribution is -2.22. The Balaban J connectivity index is 1.85. The molecule has 154 valence electrons. The van der Waals surface area contributed by atoms with E-state index in [0.717, 1.165) is 12.0 Å². The summed E-state index contributed by atoms with van der Waals surface area (Å²) in [7, 11) is 0. The molecule has 2 amide bonds. The highest BCUT2D eigenvalue weighted by molar-refractivity contribution is 6.09. The molecule has 2 aromatic rings. The molecule has 0 fully saturated rings. The van der Waals surface area contributed by atoms with Gasteiger partial charge < -0.3 is 19.2 Å². The summed E-state index contributed by atoms with van der Waals surface area (Å²) < 4.78 is 16.3. The molecule has 0 saturated heterocycles. The molecule has 8 heteroatoms. The van der Waals surface area contributed by atoms with Crippen LogP contribution < -0.4 is 15.5 Å². The number of rotatable bonds is 6. The zero-order chi connectivity index (χ0) is 20.8. The van der Waals surface area contributed by atoms with E-state index in [1.165, 1.54) is 0 Å². The van der Waals surface area contributed by atoms with Crippen molar-refractivity contribution in [1.82, 2.24) is 5.43 Å². The van der Waals surface area contributed by atoms with Crippen molar-refractivity contribution >= 4 is 23.4 Å². The smallest absolute Gasteiger partial charge is 0.427 e. The third kappa shape index (κ3) is 4.59. The fraction of sp³-hybridized carbons (Fsp3) is 0.381. The van der Waals surface area contributed by atoms with Gasteiger partial charge in [-0.3, -0.25) is 4.79 Å². The van der Waals surface area contributed by atoms with Crippen LogP contribution in [0.5, 0.6) is 5.75 Å². The molecule has 3 rings (SSSR count). The number of nitrogens with one attached hydrogen (secondary N) is 2. The first-order valence-electron chi connectivity index (χ1n) is 9.70. The number of benzene rings is 1.